The van der Waals surface area contributed by atoms with E-state index in [1.54, 1.807) is 0 Å². The van der Waals surface area contributed by atoms with E-state index < -0.39 is 0 Å². The number of aryl methyl sites for hydroxylation is 1. The van der Waals surface area contributed by atoms with E-state index in [4.69, 9.17) is 21.1 Å². The van der Waals surface area contributed by atoms with Gasteiger partial charge in [0.2, 0.25) is 0 Å². The van der Waals surface area contributed by atoms with Gasteiger partial charge in [-0.1, -0.05) is 47.5 Å². The molecule has 3 aromatic rings. The van der Waals surface area contributed by atoms with E-state index in [-0.39, 0.29) is 12.5 Å². The molecule has 0 aliphatic rings. The van der Waals surface area contributed by atoms with Gasteiger partial charge in [0.05, 0.1) is 17.3 Å². The highest BCUT2D eigenvalue weighted by Crippen LogP contribution is 2.29. The molecule has 6 heteroatoms. The highest BCUT2D eigenvalue weighted by atomic mass is 35.5. The third-order valence-corrected chi connectivity index (χ3v) is 4.69. The maximum absolute atomic E-state index is 12.2. The van der Waals surface area contributed by atoms with Gasteiger partial charge in [-0.15, -0.1) is 0 Å². The van der Waals surface area contributed by atoms with E-state index in [0.29, 0.717) is 29.7 Å². The van der Waals surface area contributed by atoms with E-state index in [2.05, 4.69) is 10.6 Å². The molecule has 0 fully saturated rings. The van der Waals surface area contributed by atoms with Crippen LogP contribution in [0, 0.1) is 6.92 Å². The summed E-state index contributed by atoms with van der Waals surface area (Å²) in [6.07, 6.45) is 0. The van der Waals surface area contributed by atoms with Crippen LogP contribution in [0.2, 0.25) is 5.02 Å². The molecule has 30 heavy (non-hydrogen) atoms. The van der Waals surface area contributed by atoms with Gasteiger partial charge in [-0.25, -0.2) is 0 Å². The fraction of sp³-hybridized carbons (Fsp3) is 0.208. The molecule has 0 spiro atoms. The first-order chi connectivity index (χ1) is 14.5. The van der Waals surface area contributed by atoms with Crippen molar-refractivity contribution >= 4 is 28.9 Å². The Balaban J connectivity index is 1.60. The Hall–Kier alpha value is -3.18. The number of hydrogen-bond acceptors (Lipinski definition) is 4. The smallest absolute Gasteiger partial charge is 0.262 e. The Morgan fingerprint density at radius 2 is 1.73 bits per heavy atom. The van der Waals surface area contributed by atoms with Crippen molar-refractivity contribution in [1.29, 1.82) is 0 Å². The lowest BCUT2D eigenvalue weighted by Crippen LogP contribution is -2.20. The minimum absolute atomic E-state index is 0.106. The molecule has 2 N–H and O–H groups in total. The number of benzene rings is 3. The molecule has 156 valence electrons. The van der Waals surface area contributed by atoms with Gasteiger partial charge < -0.3 is 20.1 Å². The highest BCUT2D eigenvalue weighted by Gasteiger charge is 2.10. The standard InChI is InChI=1S/C24H25ClN2O3/c1-3-29-23-14-18(15-26-21-7-5-4-6-20(21)25)10-13-22(23)30-16-24(28)27-19-11-8-17(2)9-12-19/h4-14,26H,3,15-16H2,1-2H3,(H,27,28). The van der Waals surface area contributed by atoms with Crippen LogP contribution in [0.25, 0.3) is 0 Å². The number of carbonyl (C=O) groups excluding carboxylic acids is 1. The van der Waals surface area contributed by atoms with Gasteiger partial charge in [0.25, 0.3) is 5.91 Å². The summed E-state index contributed by atoms with van der Waals surface area (Å²) in [4.78, 5) is 12.2. The van der Waals surface area contributed by atoms with E-state index in [0.717, 1.165) is 22.5 Å². The minimum Gasteiger partial charge on any atom is -0.490 e. The molecule has 0 unspecified atom stereocenters. The van der Waals surface area contributed by atoms with Gasteiger partial charge in [-0.2, -0.15) is 0 Å². The number of anilines is 2. The second kappa shape index (κ2) is 10.6. The van der Waals surface area contributed by atoms with Gasteiger partial charge >= 0.3 is 0 Å². The lowest BCUT2D eigenvalue weighted by atomic mass is 10.2. The first-order valence-corrected chi connectivity index (χ1v) is 10.2. The van der Waals surface area contributed by atoms with Crippen LogP contribution in [0.5, 0.6) is 11.5 Å². The summed E-state index contributed by atoms with van der Waals surface area (Å²) < 4.78 is 11.4. The first-order valence-electron chi connectivity index (χ1n) is 9.78. The van der Waals surface area contributed by atoms with Crippen molar-refractivity contribution in [3.63, 3.8) is 0 Å². The number of carbonyl (C=O) groups is 1. The molecule has 0 saturated heterocycles. The Morgan fingerprint density at radius 1 is 0.967 bits per heavy atom. The molecule has 5 nitrogen and oxygen atoms in total. The Kier molecular flexibility index (Phi) is 7.57. The topological polar surface area (TPSA) is 59.6 Å². The molecule has 0 aliphatic heterocycles. The van der Waals surface area contributed by atoms with Crippen LogP contribution >= 0.6 is 11.6 Å². The van der Waals surface area contributed by atoms with E-state index in [1.165, 1.54) is 0 Å². The van der Waals surface area contributed by atoms with Crippen LogP contribution in [-0.4, -0.2) is 19.1 Å². The average Bonchev–Trinajstić information content (AvgIpc) is 2.74. The van der Waals surface area contributed by atoms with Crippen LogP contribution in [-0.2, 0) is 11.3 Å². The molecule has 1 amide bonds. The maximum Gasteiger partial charge on any atom is 0.262 e. The summed E-state index contributed by atoms with van der Waals surface area (Å²) in [6.45, 7) is 4.87. The summed E-state index contributed by atoms with van der Waals surface area (Å²) >= 11 is 6.19. The predicted molar refractivity (Wildman–Crippen MR) is 122 cm³/mol. The van der Waals surface area contributed by atoms with Crippen molar-refractivity contribution in [2.24, 2.45) is 0 Å². The summed E-state index contributed by atoms with van der Waals surface area (Å²) in [6, 6.07) is 20.8. The van der Waals surface area contributed by atoms with Gasteiger partial charge in [0, 0.05) is 12.2 Å². The van der Waals surface area contributed by atoms with Gasteiger partial charge in [0.15, 0.2) is 18.1 Å². The quantitative estimate of drug-likeness (QED) is 0.464. The van der Waals surface area contributed by atoms with E-state index in [9.17, 15) is 4.79 Å². The molecule has 3 rings (SSSR count). The molecule has 0 aromatic heterocycles. The van der Waals surface area contributed by atoms with E-state index in [1.807, 2.05) is 80.6 Å². The number of halogens is 1. The highest BCUT2D eigenvalue weighted by molar-refractivity contribution is 6.33. The van der Waals surface area contributed by atoms with Gasteiger partial charge in [-0.05, 0) is 55.8 Å². The Labute approximate surface area is 182 Å². The number of para-hydroxylation sites is 1. The Bertz CT molecular complexity index is 990. The van der Waals surface area contributed by atoms with Crippen LogP contribution < -0.4 is 20.1 Å². The molecule has 0 atom stereocenters. The van der Waals surface area contributed by atoms with Crippen molar-refractivity contribution in [3.05, 3.63) is 82.9 Å². The van der Waals surface area contributed by atoms with Crippen molar-refractivity contribution in [2.45, 2.75) is 20.4 Å². The fourth-order valence-corrected chi connectivity index (χ4v) is 3.03. The SMILES string of the molecule is CCOc1cc(CNc2ccccc2Cl)ccc1OCC(=O)Nc1ccc(C)cc1. The third kappa shape index (κ3) is 6.16. The second-order valence-corrected chi connectivity index (χ2v) is 7.16. The summed E-state index contributed by atoms with van der Waals surface area (Å²) in [5.41, 5.74) is 3.75. The normalized spacial score (nSPS) is 10.4. The molecule has 0 bridgehead atoms. The van der Waals surface area contributed by atoms with Gasteiger partial charge in [-0.3, -0.25) is 4.79 Å². The fourth-order valence-electron chi connectivity index (χ4n) is 2.83. The largest absolute Gasteiger partial charge is 0.490 e. The average molecular weight is 425 g/mol. The first kappa shape index (κ1) is 21.5. The van der Waals surface area contributed by atoms with Crippen LogP contribution in [0.3, 0.4) is 0 Å². The molecule has 0 radical (unpaired) electrons. The van der Waals surface area contributed by atoms with Crippen LogP contribution in [0.4, 0.5) is 11.4 Å². The van der Waals surface area contributed by atoms with E-state index >= 15 is 0 Å². The summed E-state index contributed by atoms with van der Waals surface area (Å²) in [5.74, 6) is 0.891. The molecular formula is C24H25ClN2O3. The summed E-state index contributed by atoms with van der Waals surface area (Å²) in [7, 11) is 0. The molecule has 0 heterocycles. The lowest BCUT2D eigenvalue weighted by Gasteiger charge is -2.14. The molecule has 3 aromatic carbocycles. The number of amides is 1. The Morgan fingerprint density at radius 3 is 2.47 bits per heavy atom. The van der Waals surface area contributed by atoms with Gasteiger partial charge in [0.1, 0.15) is 0 Å². The second-order valence-electron chi connectivity index (χ2n) is 6.75. The number of ether oxygens (including phenoxy) is 2. The van der Waals surface area contributed by atoms with Crippen molar-refractivity contribution < 1.29 is 14.3 Å². The molecular weight excluding hydrogens is 400 g/mol. The monoisotopic (exact) mass is 424 g/mol. The molecule has 0 saturated carbocycles. The zero-order valence-corrected chi connectivity index (χ0v) is 17.8. The van der Waals surface area contributed by atoms with Crippen LogP contribution in [0.1, 0.15) is 18.1 Å². The number of hydrogen-bond donors (Lipinski definition) is 2. The zero-order valence-electron chi connectivity index (χ0n) is 17.1. The predicted octanol–water partition coefficient (Wildman–Crippen LogP) is 5.68. The number of rotatable bonds is 9. The summed E-state index contributed by atoms with van der Waals surface area (Å²) in [5, 5.41) is 6.79. The maximum atomic E-state index is 12.2. The molecule has 0 aliphatic carbocycles. The van der Waals surface area contributed by atoms with Crippen molar-refractivity contribution in [1.82, 2.24) is 0 Å². The van der Waals surface area contributed by atoms with Crippen LogP contribution in [0.15, 0.2) is 66.7 Å². The van der Waals surface area contributed by atoms with Crippen molar-refractivity contribution in [2.75, 3.05) is 23.8 Å². The van der Waals surface area contributed by atoms with Crippen molar-refractivity contribution in [3.8, 4) is 11.5 Å². The number of nitrogens with one attached hydrogen (secondary N) is 2. The lowest BCUT2D eigenvalue weighted by molar-refractivity contribution is -0.118. The third-order valence-electron chi connectivity index (χ3n) is 4.36. The zero-order chi connectivity index (χ0) is 21.3. The minimum atomic E-state index is -0.231.